The number of pyridine rings is 1. The summed E-state index contributed by atoms with van der Waals surface area (Å²) in [6, 6.07) is 13.0. The molecule has 0 amide bonds. The monoisotopic (exact) mass is 391 g/mol. The number of hydrogen-bond acceptors (Lipinski definition) is 6. The standard InChI is InChI=1S/C19H25N3O4S/c23-18(16-26-15-17-5-2-1-3-6-17)14-21-9-11-22(12-10-21)27(24,25)19-7-4-8-20-13-19/h1-8,13,18,23H,9-12,14-16H2. The first-order chi connectivity index (χ1) is 13.1. The van der Waals surface area contributed by atoms with Gasteiger partial charge in [-0.1, -0.05) is 30.3 Å². The van der Waals surface area contributed by atoms with E-state index in [1.165, 1.54) is 10.5 Å². The molecule has 7 nitrogen and oxygen atoms in total. The zero-order valence-electron chi connectivity index (χ0n) is 15.1. The number of benzene rings is 1. The SMILES string of the molecule is O=S(=O)(c1cccnc1)N1CCN(CC(O)COCc2ccccc2)CC1. The van der Waals surface area contributed by atoms with Gasteiger partial charge in [0.05, 0.1) is 19.3 Å². The number of aromatic nitrogens is 1. The number of ether oxygens (including phenoxy) is 1. The summed E-state index contributed by atoms with van der Waals surface area (Å²) in [7, 11) is -3.50. The second-order valence-corrected chi connectivity index (χ2v) is 8.49. The van der Waals surface area contributed by atoms with Crippen LogP contribution in [0.4, 0.5) is 0 Å². The van der Waals surface area contributed by atoms with E-state index in [0.717, 1.165) is 5.56 Å². The molecule has 146 valence electrons. The highest BCUT2D eigenvalue weighted by Gasteiger charge is 2.29. The molecule has 2 aromatic rings. The number of hydrogen-bond donors (Lipinski definition) is 1. The fraction of sp³-hybridized carbons (Fsp3) is 0.421. The van der Waals surface area contributed by atoms with Crippen molar-refractivity contribution >= 4 is 10.0 Å². The van der Waals surface area contributed by atoms with Crippen molar-refractivity contribution in [1.82, 2.24) is 14.2 Å². The minimum absolute atomic E-state index is 0.216. The van der Waals surface area contributed by atoms with E-state index in [-0.39, 0.29) is 11.5 Å². The Hall–Kier alpha value is -1.84. The van der Waals surface area contributed by atoms with Crippen LogP contribution in [-0.2, 0) is 21.4 Å². The Bertz CT molecular complexity index is 794. The van der Waals surface area contributed by atoms with Gasteiger partial charge in [-0.2, -0.15) is 4.31 Å². The van der Waals surface area contributed by atoms with Gasteiger partial charge >= 0.3 is 0 Å². The van der Waals surface area contributed by atoms with Crippen molar-refractivity contribution in [2.45, 2.75) is 17.6 Å². The Balaban J connectivity index is 1.41. The second-order valence-electron chi connectivity index (χ2n) is 6.55. The van der Waals surface area contributed by atoms with Crippen LogP contribution < -0.4 is 0 Å². The highest BCUT2D eigenvalue weighted by Crippen LogP contribution is 2.16. The molecule has 1 aliphatic rings. The van der Waals surface area contributed by atoms with E-state index in [9.17, 15) is 13.5 Å². The van der Waals surface area contributed by atoms with Gasteiger partial charge in [-0.15, -0.1) is 0 Å². The number of aliphatic hydroxyl groups is 1. The van der Waals surface area contributed by atoms with Crippen molar-refractivity contribution in [3.63, 3.8) is 0 Å². The van der Waals surface area contributed by atoms with Gasteiger partial charge in [-0.05, 0) is 17.7 Å². The lowest BCUT2D eigenvalue weighted by molar-refractivity contribution is 0.00539. The van der Waals surface area contributed by atoms with Crippen LogP contribution in [0.3, 0.4) is 0 Å². The van der Waals surface area contributed by atoms with Crippen molar-refractivity contribution in [1.29, 1.82) is 0 Å². The zero-order chi connectivity index (χ0) is 19.1. The van der Waals surface area contributed by atoms with Gasteiger partial charge in [0.25, 0.3) is 0 Å². The first kappa shape index (κ1) is 19.9. The summed E-state index contributed by atoms with van der Waals surface area (Å²) in [5, 5.41) is 10.2. The fourth-order valence-electron chi connectivity index (χ4n) is 3.04. The van der Waals surface area contributed by atoms with Gasteiger partial charge in [-0.3, -0.25) is 9.88 Å². The predicted octanol–water partition coefficient (Wildman–Crippen LogP) is 0.966. The van der Waals surface area contributed by atoms with Gasteiger partial charge in [0.15, 0.2) is 0 Å². The Morgan fingerprint density at radius 2 is 1.81 bits per heavy atom. The van der Waals surface area contributed by atoms with E-state index < -0.39 is 16.1 Å². The molecule has 1 N–H and O–H groups in total. The summed E-state index contributed by atoms with van der Waals surface area (Å²) in [4.78, 5) is 6.16. The molecule has 3 rings (SSSR count). The van der Waals surface area contributed by atoms with Crippen LogP contribution in [0, 0.1) is 0 Å². The molecule has 8 heteroatoms. The lowest BCUT2D eigenvalue weighted by Gasteiger charge is -2.34. The summed E-state index contributed by atoms with van der Waals surface area (Å²) in [6.45, 7) is 3.14. The van der Waals surface area contributed by atoms with E-state index in [4.69, 9.17) is 4.74 Å². The number of aliphatic hydroxyl groups excluding tert-OH is 1. The van der Waals surface area contributed by atoms with Gasteiger partial charge in [0.2, 0.25) is 10.0 Å². The van der Waals surface area contributed by atoms with Crippen LogP contribution in [0.5, 0.6) is 0 Å². The van der Waals surface area contributed by atoms with Crippen LogP contribution in [0.15, 0.2) is 59.8 Å². The third-order valence-electron chi connectivity index (χ3n) is 4.49. The van der Waals surface area contributed by atoms with Crippen LogP contribution in [0.1, 0.15) is 5.56 Å². The quantitative estimate of drug-likeness (QED) is 0.722. The molecule has 1 aromatic carbocycles. The molecule has 1 fully saturated rings. The molecule has 2 heterocycles. The van der Waals surface area contributed by atoms with E-state index in [1.807, 2.05) is 30.3 Å². The topological polar surface area (TPSA) is 83.0 Å². The zero-order valence-corrected chi connectivity index (χ0v) is 16.0. The first-order valence-corrected chi connectivity index (χ1v) is 10.4. The van der Waals surface area contributed by atoms with Crippen molar-refractivity contribution in [2.75, 3.05) is 39.3 Å². The van der Waals surface area contributed by atoms with Crippen molar-refractivity contribution < 1.29 is 18.3 Å². The van der Waals surface area contributed by atoms with Crippen LogP contribution in [0.25, 0.3) is 0 Å². The maximum atomic E-state index is 12.6. The molecule has 0 aliphatic carbocycles. The second kappa shape index (κ2) is 9.38. The molecular formula is C19H25N3O4S. The summed E-state index contributed by atoms with van der Waals surface area (Å²) in [6.07, 6.45) is 2.32. The molecule has 0 radical (unpaired) electrons. The lowest BCUT2D eigenvalue weighted by atomic mass is 10.2. The normalized spacial score (nSPS) is 17.7. The van der Waals surface area contributed by atoms with Crippen LogP contribution in [-0.4, -0.2) is 73.1 Å². The minimum Gasteiger partial charge on any atom is -0.389 e. The molecule has 1 atom stereocenters. The van der Waals surface area contributed by atoms with Gasteiger partial charge in [0.1, 0.15) is 4.90 Å². The number of rotatable bonds is 8. The number of piperazine rings is 1. The number of sulfonamides is 1. The van der Waals surface area contributed by atoms with Crippen molar-refractivity contribution in [3.05, 3.63) is 60.4 Å². The number of β-amino-alcohol motifs (C(OH)–C–C–N with tert-alkyl or cyclic N) is 1. The molecule has 0 bridgehead atoms. The summed E-state index contributed by atoms with van der Waals surface area (Å²) >= 11 is 0. The lowest BCUT2D eigenvalue weighted by Crippen LogP contribution is -2.50. The highest BCUT2D eigenvalue weighted by molar-refractivity contribution is 7.89. The molecule has 1 saturated heterocycles. The third-order valence-corrected chi connectivity index (χ3v) is 6.38. The number of nitrogens with zero attached hydrogens (tertiary/aromatic N) is 3. The summed E-state index contributed by atoms with van der Waals surface area (Å²) in [5.74, 6) is 0. The highest BCUT2D eigenvalue weighted by atomic mass is 32.2. The van der Waals surface area contributed by atoms with Gasteiger partial charge < -0.3 is 9.84 Å². The molecule has 0 saturated carbocycles. The largest absolute Gasteiger partial charge is 0.389 e. The Morgan fingerprint density at radius 3 is 2.48 bits per heavy atom. The fourth-order valence-corrected chi connectivity index (χ4v) is 4.43. The predicted molar refractivity (Wildman–Crippen MR) is 102 cm³/mol. The van der Waals surface area contributed by atoms with Gasteiger partial charge in [0, 0.05) is 45.1 Å². The van der Waals surface area contributed by atoms with Crippen LogP contribution in [0.2, 0.25) is 0 Å². The van der Waals surface area contributed by atoms with E-state index in [1.54, 1.807) is 18.3 Å². The molecule has 0 spiro atoms. The average Bonchev–Trinajstić information content (AvgIpc) is 2.70. The molecule has 1 unspecified atom stereocenters. The third kappa shape index (κ3) is 5.57. The van der Waals surface area contributed by atoms with E-state index >= 15 is 0 Å². The maximum absolute atomic E-state index is 12.6. The van der Waals surface area contributed by atoms with E-state index in [2.05, 4.69) is 9.88 Å². The van der Waals surface area contributed by atoms with Crippen molar-refractivity contribution in [3.8, 4) is 0 Å². The Morgan fingerprint density at radius 1 is 1.07 bits per heavy atom. The maximum Gasteiger partial charge on any atom is 0.244 e. The molecule has 1 aliphatic heterocycles. The average molecular weight is 391 g/mol. The molecule has 1 aromatic heterocycles. The van der Waals surface area contributed by atoms with Gasteiger partial charge in [-0.25, -0.2) is 8.42 Å². The van der Waals surface area contributed by atoms with Crippen LogP contribution >= 0.6 is 0 Å². The summed E-state index contributed by atoms with van der Waals surface area (Å²) < 4.78 is 32.2. The Labute approximate surface area is 160 Å². The summed E-state index contributed by atoms with van der Waals surface area (Å²) in [5.41, 5.74) is 1.07. The smallest absolute Gasteiger partial charge is 0.244 e. The minimum atomic E-state index is -3.50. The van der Waals surface area contributed by atoms with E-state index in [0.29, 0.717) is 39.3 Å². The Kier molecular flexibility index (Phi) is 6.92. The van der Waals surface area contributed by atoms with Crippen molar-refractivity contribution in [2.24, 2.45) is 0 Å². The molecule has 27 heavy (non-hydrogen) atoms. The first-order valence-electron chi connectivity index (χ1n) is 8.98. The molecular weight excluding hydrogens is 366 g/mol.